The average molecular weight is 478 g/mol. The molecule has 0 aliphatic carbocycles. The second kappa shape index (κ2) is 13.9. The fraction of sp³-hybridized carbons (Fsp3) is 0.632. The minimum Gasteiger partial charge on any atom is -0.493 e. The van der Waals surface area contributed by atoms with Crippen LogP contribution in [0.2, 0.25) is 0 Å². The number of rotatable bonds is 10. The molecule has 0 amide bonds. The first-order valence-corrected chi connectivity index (χ1v) is 8.95. The third kappa shape index (κ3) is 8.44. The number of hydrogen-bond acceptors (Lipinski definition) is 4. The molecule has 0 spiro atoms. The Bertz CT molecular complexity index is 538. The van der Waals surface area contributed by atoms with Crippen LogP contribution in [0.3, 0.4) is 0 Å². The molecule has 0 saturated carbocycles. The van der Waals surface area contributed by atoms with Gasteiger partial charge in [-0.3, -0.25) is 9.89 Å². The number of halogens is 1. The Balaban J connectivity index is 0.00000625. The number of guanidine groups is 1. The van der Waals surface area contributed by atoms with Gasteiger partial charge in [-0.2, -0.15) is 0 Å². The van der Waals surface area contributed by atoms with Crippen molar-refractivity contribution in [1.29, 1.82) is 0 Å². The van der Waals surface area contributed by atoms with E-state index in [4.69, 9.17) is 9.47 Å². The number of nitrogens with zero attached hydrogens (tertiary/aromatic N) is 2. The number of nitrogens with one attached hydrogen (secondary N) is 2. The molecule has 26 heavy (non-hydrogen) atoms. The van der Waals surface area contributed by atoms with Gasteiger partial charge in [-0.25, -0.2) is 0 Å². The lowest BCUT2D eigenvalue weighted by molar-refractivity contribution is 0.237. The van der Waals surface area contributed by atoms with E-state index in [-0.39, 0.29) is 24.0 Å². The first-order chi connectivity index (χ1) is 12.0. The molecule has 0 saturated heterocycles. The van der Waals surface area contributed by atoms with E-state index in [9.17, 15) is 0 Å². The van der Waals surface area contributed by atoms with E-state index in [1.807, 2.05) is 12.1 Å². The first-order valence-electron chi connectivity index (χ1n) is 8.95. The van der Waals surface area contributed by atoms with Gasteiger partial charge >= 0.3 is 0 Å². The van der Waals surface area contributed by atoms with Crippen molar-refractivity contribution in [3.63, 3.8) is 0 Å². The third-order valence-corrected chi connectivity index (χ3v) is 4.21. The van der Waals surface area contributed by atoms with Crippen LogP contribution >= 0.6 is 24.0 Å². The van der Waals surface area contributed by atoms with E-state index < -0.39 is 0 Å². The van der Waals surface area contributed by atoms with Crippen LogP contribution in [-0.4, -0.2) is 64.3 Å². The standard InChI is InChI=1S/C19H34N4O2.HI/c1-7-23(15(2)3)13-12-22-19(20-4)21-11-10-16-8-9-17(24-5)18(14-16)25-6;/h8-9,14-15H,7,10-13H2,1-6H3,(H2,20,21,22);1H. The van der Waals surface area contributed by atoms with Gasteiger partial charge in [0, 0.05) is 32.7 Å². The topological polar surface area (TPSA) is 58.1 Å². The molecule has 1 aromatic rings. The Kier molecular flexibility index (Phi) is 13.3. The molecular weight excluding hydrogens is 443 g/mol. The third-order valence-electron chi connectivity index (χ3n) is 4.21. The van der Waals surface area contributed by atoms with E-state index >= 15 is 0 Å². The van der Waals surface area contributed by atoms with Crippen molar-refractivity contribution in [2.45, 2.75) is 33.2 Å². The van der Waals surface area contributed by atoms with Crippen LogP contribution in [0.4, 0.5) is 0 Å². The molecule has 0 unspecified atom stereocenters. The Morgan fingerprint density at radius 3 is 2.31 bits per heavy atom. The summed E-state index contributed by atoms with van der Waals surface area (Å²) in [5, 5.41) is 6.72. The van der Waals surface area contributed by atoms with Gasteiger partial charge in [-0.05, 0) is 44.5 Å². The molecule has 0 aliphatic heterocycles. The van der Waals surface area contributed by atoms with Gasteiger partial charge in [0.2, 0.25) is 0 Å². The summed E-state index contributed by atoms with van der Waals surface area (Å²) in [4.78, 5) is 6.70. The fourth-order valence-electron chi connectivity index (χ4n) is 2.68. The molecule has 1 aromatic carbocycles. The summed E-state index contributed by atoms with van der Waals surface area (Å²) >= 11 is 0. The zero-order valence-electron chi connectivity index (χ0n) is 17.0. The number of likely N-dealkylation sites (N-methyl/N-ethyl adjacent to an activating group) is 1. The number of benzene rings is 1. The maximum Gasteiger partial charge on any atom is 0.191 e. The molecule has 7 heteroatoms. The first kappa shape index (κ1) is 24.8. The normalized spacial score (nSPS) is 11.3. The minimum atomic E-state index is 0. The van der Waals surface area contributed by atoms with Crippen LogP contribution in [0.25, 0.3) is 0 Å². The van der Waals surface area contributed by atoms with Gasteiger partial charge in [0.1, 0.15) is 0 Å². The monoisotopic (exact) mass is 478 g/mol. The van der Waals surface area contributed by atoms with Crippen LogP contribution < -0.4 is 20.1 Å². The summed E-state index contributed by atoms with van der Waals surface area (Å²) in [7, 11) is 5.10. The molecule has 0 aliphatic rings. The summed E-state index contributed by atoms with van der Waals surface area (Å²) in [5.41, 5.74) is 1.19. The van der Waals surface area contributed by atoms with Crippen molar-refractivity contribution in [3.8, 4) is 11.5 Å². The Morgan fingerprint density at radius 1 is 1.12 bits per heavy atom. The summed E-state index contributed by atoms with van der Waals surface area (Å²) in [6, 6.07) is 6.57. The van der Waals surface area contributed by atoms with Crippen molar-refractivity contribution in [2.24, 2.45) is 4.99 Å². The Hall–Kier alpha value is -1.22. The molecular formula is C19H35IN4O2. The smallest absolute Gasteiger partial charge is 0.191 e. The molecule has 0 fully saturated rings. The summed E-state index contributed by atoms with van der Waals surface area (Å²) in [6.07, 6.45) is 0.883. The lowest BCUT2D eigenvalue weighted by Gasteiger charge is -2.25. The van der Waals surface area contributed by atoms with Crippen LogP contribution in [0.1, 0.15) is 26.3 Å². The Labute approximate surface area is 175 Å². The maximum absolute atomic E-state index is 5.34. The number of hydrogen-bond donors (Lipinski definition) is 2. The molecule has 6 nitrogen and oxygen atoms in total. The predicted molar refractivity (Wildman–Crippen MR) is 120 cm³/mol. The highest BCUT2D eigenvalue weighted by molar-refractivity contribution is 14.0. The van der Waals surface area contributed by atoms with Crippen LogP contribution in [0, 0.1) is 0 Å². The summed E-state index contributed by atoms with van der Waals surface area (Å²) in [5.74, 6) is 2.35. The second-order valence-electron chi connectivity index (χ2n) is 6.09. The van der Waals surface area contributed by atoms with Crippen molar-refractivity contribution in [1.82, 2.24) is 15.5 Å². The zero-order chi connectivity index (χ0) is 18.7. The van der Waals surface area contributed by atoms with Crippen molar-refractivity contribution < 1.29 is 9.47 Å². The van der Waals surface area contributed by atoms with Gasteiger partial charge in [0.15, 0.2) is 17.5 Å². The second-order valence-corrected chi connectivity index (χ2v) is 6.09. The lowest BCUT2D eigenvalue weighted by atomic mass is 10.1. The zero-order valence-corrected chi connectivity index (χ0v) is 19.3. The van der Waals surface area contributed by atoms with Gasteiger partial charge in [0.25, 0.3) is 0 Å². The van der Waals surface area contributed by atoms with Crippen LogP contribution in [-0.2, 0) is 6.42 Å². The van der Waals surface area contributed by atoms with Crippen LogP contribution in [0.15, 0.2) is 23.2 Å². The maximum atomic E-state index is 5.34. The van der Waals surface area contributed by atoms with Gasteiger partial charge in [0.05, 0.1) is 14.2 Å². The summed E-state index contributed by atoms with van der Waals surface area (Å²) in [6.45, 7) is 10.4. The highest BCUT2D eigenvalue weighted by atomic mass is 127. The SMILES string of the molecule is CCN(CCNC(=NC)NCCc1ccc(OC)c(OC)c1)C(C)C.I. The van der Waals surface area contributed by atoms with Gasteiger partial charge in [-0.15, -0.1) is 24.0 Å². The van der Waals surface area contributed by atoms with E-state index in [1.54, 1.807) is 21.3 Å². The number of aliphatic imine (C=N–C) groups is 1. The molecule has 150 valence electrons. The predicted octanol–water partition coefficient (Wildman–Crippen LogP) is 2.76. The van der Waals surface area contributed by atoms with E-state index in [2.05, 4.69) is 47.4 Å². The molecule has 0 aromatic heterocycles. The molecule has 0 bridgehead atoms. The molecule has 0 heterocycles. The minimum absolute atomic E-state index is 0. The van der Waals surface area contributed by atoms with Crippen LogP contribution in [0.5, 0.6) is 11.5 Å². The lowest BCUT2D eigenvalue weighted by Crippen LogP contribution is -2.43. The van der Waals surface area contributed by atoms with E-state index in [0.29, 0.717) is 6.04 Å². The van der Waals surface area contributed by atoms with E-state index in [0.717, 1.165) is 50.1 Å². The average Bonchev–Trinajstić information content (AvgIpc) is 2.63. The van der Waals surface area contributed by atoms with Crippen molar-refractivity contribution in [2.75, 3.05) is 47.4 Å². The quantitative estimate of drug-likeness (QED) is 0.308. The number of methoxy groups -OCH3 is 2. The van der Waals surface area contributed by atoms with Gasteiger partial charge in [-0.1, -0.05) is 13.0 Å². The van der Waals surface area contributed by atoms with Crippen molar-refractivity contribution in [3.05, 3.63) is 23.8 Å². The highest BCUT2D eigenvalue weighted by Gasteiger charge is 2.07. The fourth-order valence-corrected chi connectivity index (χ4v) is 2.68. The number of ether oxygens (including phenoxy) is 2. The highest BCUT2D eigenvalue weighted by Crippen LogP contribution is 2.27. The largest absolute Gasteiger partial charge is 0.493 e. The summed E-state index contributed by atoms with van der Waals surface area (Å²) < 4.78 is 10.6. The molecule has 0 radical (unpaired) electrons. The van der Waals surface area contributed by atoms with Crippen molar-refractivity contribution >= 4 is 29.9 Å². The van der Waals surface area contributed by atoms with E-state index in [1.165, 1.54) is 5.56 Å². The Morgan fingerprint density at radius 2 is 1.77 bits per heavy atom. The molecule has 1 rings (SSSR count). The van der Waals surface area contributed by atoms with Gasteiger partial charge < -0.3 is 20.1 Å². The molecule has 2 N–H and O–H groups in total. The molecule has 0 atom stereocenters.